The van der Waals surface area contributed by atoms with Gasteiger partial charge in [0.2, 0.25) is 15.9 Å². The van der Waals surface area contributed by atoms with Crippen LogP contribution in [0.5, 0.6) is 0 Å². The summed E-state index contributed by atoms with van der Waals surface area (Å²) < 4.78 is 28.0. The van der Waals surface area contributed by atoms with Crippen molar-refractivity contribution in [3.8, 4) is 0 Å². The lowest BCUT2D eigenvalue weighted by molar-refractivity contribution is -0.126. The van der Waals surface area contributed by atoms with Gasteiger partial charge in [-0.2, -0.15) is 9.40 Å². The fraction of sp³-hybridized carbons (Fsp3) is 0.667. The largest absolute Gasteiger partial charge is 0.381 e. The Hall–Kier alpha value is -1.61. The summed E-state index contributed by atoms with van der Waals surface area (Å²) in [6, 6.07) is 0. The van der Waals surface area contributed by atoms with Crippen LogP contribution < -0.4 is 11.5 Å². The summed E-state index contributed by atoms with van der Waals surface area (Å²) in [4.78, 5) is 11.4. The highest BCUT2D eigenvalue weighted by Crippen LogP contribution is 2.34. The van der Waals surface area contributed by atoms with Crippen LogP contribution in [-0.4, -0.2) is 41.5 Å². The summed E-state index contributed by atoms with van der Waals surface area (Å²) >= 11 is 0. The summed E-state index contributed by atoms with van der Waals surface area (Å²) in [6.45, 7) is 4.56. The Labute approximate surface area is 124 Å². The molecule has 0 spiro atoms. The minimum absolute atomic E-state index is 0.00956. The summed E-state index contributed by atoms with van der Waals surface area (Å²) in [6.07, 6.45) is 2.67. The predicted molar refractivity (Wildman–Crippen MR) is 77.6 cm³/mol. The molecule has 0 radical (unpaired) electrons. The first-order valence-corrected chi connectivity index (χ1v) is 8.27. The molecule has 1 aromatic rings. The fourth-order valence-corrected chi connectivity index (χ4v) is 4.05. The number of primary amides is 1. The first-order chi connectivity index (χ1) is 9.70. The molecule has 0 aliphatic carbocycles. The van der Waals surface area contributed by atoms with Gasteiger partial charge >= 0.3 is 0 Å². The number of amides is 1. The molecule has 1 fully saturated rings. The number of carbonyl (C=O) groups excluding carboxylic acids is 1. The third-order valence-electron chi connectivity index (χ3n) is 3.86. The van der Waals surface area contributed by atoms with E-state index in [4.69, 9.17) is 11.5 Å². The lowest BCUT2D eigenvalue weighted by atomic mass is 9.89. The van der Waals surface area contributed by atoms with Gasteiger partial charge < -0.3 is 11.5 Å². The topological polar surface area (TPSA) is 124 Å². The number of hydrogen-bond acceptors (Lipinski definition) is 5. The molecule has 0 aromatic carbocycles. The van der Waals surface area contributed by atoms with Crippen molar-refractivity contribution in [2.45, 2.75) is 38.1 Å². The number of rotatable bonds is 5. The molecule has 0 bridgehead atoms. The van der Waals surface area contributed by atoms with Crippen LogP contribution >= 0.6 is 0 Å². The molecular formula is C12H21N5O3S. The standard InChI is InChI=1S/C12H21N5O3S/c1-3-5-16-7-9(10(13)15-16)21(19,20)17-6-4-12(2,8-17)11(14)18/h7H,3-6,8H2,1-2H3,(H2,13,15)(H2,14,18). The van der Waals surface area contributed by atoms with Crippen molar-refractivity contribution in [2.75, 3.05) is 18.8 Å². The Morgan fingerprint density at radius 1 is 1.52 bits per heavy atom. The average molecular weight is 315 g/mol. The van der Waals surface area contributed by atoms with Gasteiger partial charge in [0, 0.05) is 25.8 Å². The predicted octanol–water partition coefficient (Wildman–Crippen LogP) is -0.239. The zero-order valence-corrected chi connectivity index (χ0v) is 13.1. The van der Waals surface area contributed by atoms with E-state index in [0.717, 1.165) is 6.42 Å². The van der Waals surface area contributed by atoms with E-state index in [1.807, 2.05) is 6.92 Å². The highest BCUT2D eigenvalue weighted by Gasteiger charge is 2.44. The fourth-order valence-electron chi connectivity index (χ4n) is 2.42. The van der Waals surface area contributed by atoms with Gasteiger partial charge in [0.25, 0.3) is 0 Å². The molecule has 21 heavy (non-hydrogen) atoms. The van der Waals surface area contributed by atoms with Crippen molar-refractivity contribution >= 4 is 21.7 Å². The minimum Gasteiger partial charge on any atom is -0.381 e. The number of anilines is 1. The number of carbonyl (C=O) groups is 1. The molecule has 4 N–H and O–H groups in total. The number of nitrogens with zero attached hydrogens (tertiary/aromatic N) is 3. The van der Waals surface area contributed by atoms with E-state index >= 15 is 0 Å². The summed E-state index contributed by atoms with van der Waals surface area (Å²) in [5.74, 6) is -0.508. The molecule has 1 amide bonds. The van der Waals surface area contributed by atoms with Gasteiger partial charge in [-0.25, -0.2) is 8.42 Å². The Morgan fingerprint density at radius 3 is 2.71 bits per heavy atom. The van der Waals surface area contributed by atoms with Crippen LogP contribution in [0.15, 0.2) is 11.1 Å². The Morgan fingerprint density at radius 2 is 2.19 bits per heavy atom. The van der Waals surface area contributed by atoms with Gasteiger partial charge in [0.15, 0.2) is 5.82 Å². The maximum Gasteiger partial charge on any atom is 0.248 e. The van der Waals surface area contributed by atoms with Gasteiger partial charge in [0.1, 0.15) is 4.90 Å². The van der Waals surface area contributed by atoms with Crippen molar-refractivity contribution in [3.63, 3.8) is 0 Å². The molecule has 1 atom stereocenters. The molecule has 1 aliphatic rings. The average Bonchev–Trinajstić information content (AvgIpc) is 2.95. The molecule has 9 heteroatoms. The van der Waals surface area contributed by atoms with Crippen molar-refractivity contribution in [1.29, 1.82) is 0 Å². The molecule has 8 nitrogen and oxygen atoms in total. The number of aromatic nitrogens is 2. The van der Waals surface area contributed by atoms with E-state index in [9.17, 15) is 13.2 Å². The maximum atomic E-state index is 12.6. The number of aryl methyl sites for hydroxylation is 1. The zero-order chi connectivity index (χ0) is 15.8. The molecule has 118 valence electrons. The molecular weight excluding hydrogens is 294 g/mol. The van der Waals surface area contributed by atoms with Gasteiger partial charge in [-0.1, -0.05) is 6.92 Å². The lowest BCUT2D eigenvalue weighted by Gasteiger charge is -2.20. The quantitative estimate of drug-likeness (QED) is 0.776. The van der Waals surface area contributed by atoms with Crippen LogP contribution in [0.1, 0.15) is 26.7 Å². The zero-order valence-electron chi connectivity index (χ0n) is 12.2. The highest BCUT2D eigenvalue weighted by atomic mass is 32.2. The van der Waals surface area contributed by atoms with Crippen molar-refractivity contribution in [2.24, 2.45) is 11.1 Å². The number of nitrogens with two attached hydrogens (primary N) is 2. The van der Waals surface area contributed by atoms with Crippen LogP contribution in [0.25, 0.3) is 0 Å². The Bertz CT molecular complexity index is 654. The van der Waals surface area contributed by atoms with Crippen LogP contribution in [-0.2, 0) is 21.4 Å². The smallest absolute Gasteiger partial charge is 0.248 e. The maximum absolute atomic E-state index is 12.6. The van der Waals surface area contributed by atoms with Crippen LogP contribution in [0.3, 0.4) is 0 Å². The summed E-state index contributed by atoms with van der Waals surface area (Å²) in [5.41, 5.74) is 10.2. The van der Waals surface area contributed by atoms with E-state index in [1.54, 1.807) is 6.92 Å². The molecule has 1 unspecified atom stereocenters. The van der Waals surface area contributed by atoms with Crippen LogP contribution in [0.2, 0.25) is 0 Å². The first-order valence-electron chi connectivity index (χ1n) is 6.83. The van der Waals surface area contributed by atoms with Crippen molar-refractivity contribution in [3.05, 3.63) is 6.20 Å². The van der Waals surface area contributed by atoms with Crippen molar-refractivity contribution < 1.29 is 13.2 Å². The van der Waals surface area contributed by atoms with E-state index in [1.165, 1.54) is 15.2 Å². The van der Waals surface area contributed by atoms with Crippen molar-refractivity contribution in [1.82, 2.24) is 14.1 Å². The van der Waals surface area contributed by atoms with Gasteiger partial charge in [-0.3, -0.25) is 9.48 Å². The molecule has 2 rings (SSSR count). The number of sulfonamides is 1. The number of nitrogen functional groups attached to an aromatic ring is 1. The first kappa shape index (κ1) is 15.8. The normalized spacial score (nSPS) is 23.5. The third kappa shape index (κ3) is 2.75. The second kappa shape index (κ2) is 5.30. The lowest BCUT2D eigenvalue weighted by Crippen LogP contribution is -2.38. The molecule has 2 heterocycles. The van der Waals surface area contributed by atoms with Crippen LogP contribution in [0, 0.1) is 5.41 Å². The minimum atomic E-state index is -3.75. The van der Waals surface area contributed by atoms with E-state index in [2.05, 4.69) is 5.10 Å². The SMILES string of the molecule is CCCn1cc(S(=O)(=O)N2CCC(C)(C(N)=O)C2)c(N)n1. The third-order valence-corrected chi connectivity index (χ3v) is 5.72. The molecule has 1 saturated heterocycles. The Kier molecular flexibility index (Phi) is 3.98. The van der Waals surface area contributed by atoms with Gasteiger partial charge in [-0.15, -0.1) is 0 Å². The molecule has 1 aromatic heterocycles. The van der Waals surface area contributed by atoms with Gasteiger partial charge in [-0.05, 0) is 19.8 Å². The van der Waals surface area contributed by atoms with E-state index in [-0.39, 0.29) is 23.8 Å². The highest BCUT2D eigenvalue weighted by molar-refractivity contribution is 7.89. The van der Waals surface area contributed by atoms with Crippen LogP contribution in [0.4, 0.5) is 5.82 Å². The molecule has 0 saturated carbocycles. The van der Waals surface area contributed by atoms with Gasteiger partial charge in [0.05, 0.1) is 5.41 Å². The Balaban J connectivity index is 2.29. The molecule has 1 aliphatic heterocycles. The second-order valence-electron chi connectivity index (χ2n) is 5.66. The monoisotopic (exact) mass is 315 g/mol. The van der Waals surface area contributed by atoms with E-state index < -0.39 is 21.3 Å². The van der Waals surface area contributed by atoms with E-state index in [0.29, 0.717) is 13.0 Å². The number of hydrogen-bond donors (Lipinski definition) is 2. The summed E-state index contributed by atoms with van der Waals surface area (Å²) in [7, 11) is -3.75. The second-order valence-corrected chi connectivity index (χ2v) is 7.56. The summed E-state index contributed by atoms with van der Waals surface area (Å²) in [5, 5.41) is 4.01.